The lowest BCUT2D eigenvalue weighted by Crippen LogP contribution is -2.32. The number of esters is 1. The molecular formula is C18H23N3O6. The Kier molecular flexibility index (Phi) is 8.16. The zero-order valence-electron chi connectivity index (χ0n) is 15.8. The topological polar surface area (TPSA) is 127 Å². The van der Waals surface area contributed by atoms with Crippen molar-refractivity contribution in [3.63, 3.8) is 0 Å². The maximum Gasteiger partial charge on any atom is 0.445 e. The average Bonchev–Trinajstić information content (AvgIpc) is 2.58. The first-order valence-electron chi connectivity index (χ1n) is 8.27. The number of ketones is 1. The minimum Gasteiger partial charge on any atom is -0.485 e. The van der Waals surface area contributed by atoms with Crippen LogP contribution >= 0.6 is 0 Å². The minimum absolute atomic E-state index is 0.0329. The standard InChI is InChI=1S/C18H23N3O6/c1-5-25-16(23)15(21-19)13(22)11-26-14-9-7-6-8-12(14)10-20-17(24)27-18(2,3)4/h6-9H,5,10-11H2,1-4H3,(H,20,24). The average molecular weight is 377 g/mol. The molecule has 0 bridgehead atoms. The molecule has 0 aromatic heterocycles. The molecule has 9 heteroatoms. The molecule has 0 radical (unpaired) electrons. The van der Waals surface area contributed by atoms with Crippen LogP contribution in [-0.4, -0.2) is 47.2 Å². The van der Waals surface area contributed by atoms with Gasteiger partial charge in [-0.1, -0.05) is 18.2 Å². The van der Waals surface area contributed by atoms with Crippen LogP contribution in [0.25, 0.3) is 5.53 Å². The van der Waals surface area contributed by atoms with Crippen molar-refractivity contribution in [2.24, 2.45) is 0 Å². The van der Waals surface area contributed by atoms with Crippen molar-refractivity contribution in [2.75, 3.05) is 13.2 Å². The first-order chi connectivity index (χ1) is 12.7. The molecule has 146 valence electrons. The number of ether oxygens (including phenoxy) is 3. The maximum absolute atomic E-state index is 12.0. The summed E-state index contributed by atoms with van der Waals surface area (Å²) in [7, 11) is 0. The van der Waals surface area contributed by atoms with Gasteiger partial charge in [-0.05, 0) is 33.8 Å². The van der Waals surface area contributed by atoms with Crippen molar-refractivity contribution in [2.45, 2.75) is 39.8 Å². The number of nitrogens with one attached hydrogen (secondary N) is 1. The minimum atomic E-state index is -1.03. The van der Waals surface area contributed by atoms with E-state index >= 15 is 0 Å². The van der Waals surface area contributed by atoms with Crippen LogP contribution in [0, 0.1) is 0 Å². The van der Waals surface area contributed by atoms with Gasteiger partial charge >= 0.3 is 17.8 Å². The van der Waals surface area contributed by atoms with Crippen LogP contribution in [-0.2, 0) is 25.6 Å². The smallest absolute Gasteiger partial charge is 0.445 e. The van der Waals surface area contributed by atoms with Crippen molar-refractivity contribution < 1.29 is 33.4 Å². The Morgan fingerprint density at radius 3 is 2.44 bits per heavy atom. The summed E-state index contributed by atoms with van der Waals surface area (Å²) in [5.41, 5.74) is 8.05. The summed E-state index contributed by atoms with van der Waals surface area (Å²) in [6, 6.07) is 6.71. The Labute approximate surface area is 157 Å². The number of alkyl carbamates (subject to hydrolysis) is 1. The monoisotopic (exact) mass is 377 g/mol. The van der Waals surface area contributed by atoms with Gasteiger partial charge in [-0.15, -0.1) is 0 Å². The fourth-order valence-electron chi connectivity index (χ4n) is 1.89. The van der Waals surface area contributed by atoms with E-state index in [0.717, 1.165) is 0 Å². The molecule has 1 N–H and O–H groups in total. The molecule has 1 amide bonds. The van der Waals surface area contributed by atoms with Gasteiger partial charge in [0, 0.05) is 12.1 Å². The molecule has 0 saturated heterocycles. The number of nitrogens with zero attached hydrogens (tertiary/aromatic N) is 2. The van der Waals surface area contributed by atoms with Gasteiger partial charge in [0.25, 0.3) is 5.78 Å². The van der Waals surface area contributed by atoms with Gasteiger partial charge in [-0.2, -0.15) is 4.79 Å². The van der Waals surface area contributed by atoms with Crippen molar-refractivity contribution in [3.8, 4) is 5.75 Å². The second-order valence-electron chi connectivity index (χ2n) is 6.34. The van der Waals surface area contributed by atoms with Crippen LogP contribution in [0.3, 0.4) is 0 Å². The van der Waals surface area contributed by atoms with Crippen LogP contribution in [0.4, 0.5) is 4.79 Å². The number of benzene rings is 1. The summed E-state index contributed by atoms with van der Waals surface area (Å²) in [5, 5.41) is 2.59. The number of hydrogen-bond donors (Lipinski definition) is 1. The Bertz CT molecular complexity index is 748. The van der Waals surface area contributed by atoms with E-state index in [-0.39, 0.29) is 13.2 Å². The van der Waals surface area contributed by atoms with Crippen molar-refractivity contribution in [1.29, 1.82) is 0 Å². The number of rotatable bonds is 8. The first kappa shape index (κ1) is 21.9. The molecule has 0 atom stereocenters. The van der Waals surface area contributed by atoms with Crippen molar-refractivity contribution in [1.82, 2.24) is 5.32 Å². The molecule has 9 nitrogen and oxygen atoms in total. The molecule has 0 saturated carbocycles. The van der Waals surface area contributed by atoms with E-state index in [1.54, 1.807) is 52.0 Å². The van der Waals surface area contributed by atoms with E-state index in [1.165, 1.54) is 0 Å². The predicted octanol–water partition coefficient (Wildman–Crippen LogP) is 1.89. The third-order valence-corrected chi connectivity index (χ3v) is 2.99. The van der Waals surface area contributed by atoms with E-state index in [0.29, 0.717) is 11.3 Å². The normalized spacial score (nSPS) is 10.4. The molecule has 0 spiro atoms. The second-order valence-corrected chi connectivity index (χ2v) is 6.34. The van der Waals surface area contributed by atoms with E-state index < -0.39 is 35.8 Å². The van der Waals surface area contributed by atoms with E-state index in [2.05, 4.69) is 14.8 Å². The summed E-state index contributed by atoms with van der Waals surface area (Å²) < 4.78 is 15.2. The quantitative estimate of drug-likeness (QED) is 0.242. The van der Waals surface area contributed by atoms with Gasteiger partial charge in [-0.3, -0.25) is 4.79 Å². The third-order valence-electron chi connectivity index (χ3n) is 2.99. The molecule has 0 aliphatic rings. The van der Waals surface area contributed by atoms with Gasteiger partial charge < -0.3 is 25.1 Å². The molecule has 0 aliphatic carbocycles. The van der Waals surface area contributed by atoms with E-state index in [1.807, 2.05) is 0 Å². The van der Waals surface area contributed by atoms with Gasteiger partial charge in [0.05, 0.1) is 6.61 Å². The highest BCUT2D eigenvalue weighted by Crippen LogP contribution is 2.18. The summed E-state index contributed by atoms with van der Waals surface area (Å²) in [5.74, 6) is -1.55. The fraction of sp³-hybridized carbons (Fsp3) is 0.444. The van der Waals surface area contributed by atoms with Crippen LogP contribution in [0.1, 0.15) is 33.3 Å². The summed E-state index contributed by atoms with van der Waals surface area (Å²) >= 11 is 0. The van der Waals surface area contributed by atoms with Crippen LogP contribution in [0.15, 0.2) is 24.3 Å². The lowest BCUT2D eigenvalue weighted by atomic mass is 10.2. The molecule has 0 aliphatic heterocycles. The third kappa shape index (κ3) is 7.70. The van der Waals surface area contributed by atoms with Gasteiger partial charge in [0.15, 0.2) is 6.61 Å². The number of carbonyl (C=O) groups is 3. The fourth-order valence-corrected chi connectivity index (χ4v) is 1.89. The summed E-state index contributed by atoms with van der Waals surface area (Å²) in [6.07, 6.45) is -0.592. The first-order valence-corrected chi connectivity index (χ1v) is 8.27. The Hall–Kier alpha value is -3.19. The predicted molar refractivity (Wildman–Crippen MR) is 95.3 cm³/mol. The SMILES string of the molecule is CCOC(=O)C(=[N+]=[N-])C(=O)COc1ccccc1CNC(=O)OC(C)(C)C. The molecule has 27 heavy (non-hydrogen) atoms. The molecule has 0 unspecified atom stereocenters. The van der Waals surface area contributed by atoms with Crippen LogP contribution < -0.4 is 10.1 Å². The second kappa shape index (κ2) is 10.1. The molecule has 1 rings (SSSR count). The molecular weight excluding hydrogens is 354 g/mol. The Morgan fingerprint density at radius 1 is 1.19 bits per heavy atom. The summed E-state index contributed by atoms with van der Waals surface area (Å²) in [4.78, 5) is 38.0. The highest BCUT2D eigenvalue weighted by atomic mass is 16.6. The lowest BCUT2D eigenvalue weighted by Gasteiger charge is -2.20. The van der Waals surface area contributed by atoms with E-state index in [9.17, 15) is 14.4 Å². The summed E-state index contributed by atoms with van der Waals surface area (Å²) in [6.45, 7) is 6.41. The van der Waals surface area contributed by atoms with Crippen molar-refractivity contribution >= 4 is 23.6 Å². The molecule has 1 aromatic rings. The number of amides is 1. The highest BCUT2D eigenvalue weighted by molar-refractivity contribution is 6.62. The molecule has 1 aromatic carbocycles. The van der Waals surface area contributed by atoms with Crippen LogP contribution in [0.2, 0.25) is 0 Å². The largest absolute Gasteiger partial charge is 0.485 e. The molecule has 0 fully saturated rings. The maximum atomic E-state index is 12.0. The number of para-hydroxylation sites is 1. The van der Waals surface area contributed by atoms with Gasteiger partial charge in [0.2, 0.25) is 0 Å². The Morgan fingerprint density at radius 2 is 1.85 bits per heavy atom. The zero-order valence-corrected chi connectivity index (χ0v) is 15.8. The number of carbonyl (C=O) groups excluding carboxylic acids is 3. The van der Waals surface area contributed by atoms with E-state index in [4.69, 9.17) is 15.0 Å². The Balaban J connectivity index is 2.72. The molecule has 0 heterocycles. The lowest BCUT2D eigenvalue weighted by molar-refractivity contribution is -0.142. The van der Waals surface area contributed by atoms with Gasteiger partial charge in [0.1, 0.15) is 11.4 Å². The zero-order chi connectivity index (χ0) is 20.4. The van der Waals surface area contributed by atoms with Crippen LogP contribution in [0.5, 0.6) is 5.75 Å². The van der Waals surface area contributed by atoms with Gasteiger partial charge in [-0.25, -0.2) is 9.59 Å². The number of Topliss-reactive ketones (excluding diaryl/α,β-unsaturated/α-hetero) is 1. The highest BCUT2D eigenvalue weighted by Gasteiger charge is 2.31. The van der Waals surface area contributed by atoms with Crippen molar-refractivity contribution in [3.05, 3.63) is 35.4 Å². The number of hydrogen-bond acceptors (Lipinski definition) is 6.